The molecule has 0 aliphatic carbocycles. The predicted molar refractivity (Wildman–Crippen MR) is 88.1 cm³/mol. The van der Waals surface area contributed by atoms with E-state index >= 15 is 0 Å². The van der Waals surface area contributed by atoms with Gasteiger partial charge in [0.15, 0.2) is 0 Å². The number of hydrogen-bond acceptors (Lipinski definition) is 5. The van der Waals surface area contributed by atoms with E-state index in [-0.39, 0.29) is 5.71 Å². The van der Waals surface area contributed by atoms with Crippen LogP contribution in [0.3, 0.4) is 0 Å². The van der Waals surface area contributed by atoms with Gasteiger partial charge in [-0.15, -0.1) is 0 Å². The molecule has 0 atom stereocenters. The summed E-state index contributed by atoms with van der Waals surface area (Å²) < 4.78 is 2.07. The summed E-state index contributed by atoms with van der Waals surface area (Å²) in [6.45, 7) is 1.96. The molecule has 0 radical (unpaired) electrons. The van der Waals surface area contributed by atoms with Crippen molar-refractivity contribution in [3.05, 3.63) is 54.4 Å². The van der Waals surface area contributed by atoms with Crippen molar-refractivity contribution in [1.82, 2.24) is 9.55 Å². The number of rotatable bonds is 3. The third kappa shape index (κ3) is 2.74. The summed E-state index contributed by atoms with van der Waals surface area (Å²) in [6.07, 6.45) is 0. The van der Waals surface area contributed by atoms with Crippen molar-refractivity contribution in [2.75, 3.05) is 5.43 Å². The molecule has 0 aliphatic heterocycles. The number of nitrogens with one attached hydrogen (secondary N) is 1. The highest BCUT2D eigenvalue weighted by Gasteiger charge is 2.08. The van der Waals surface area contributed by atoms with Crippen molar-refractivity contribution < 1.29 is 0 Å². The fraction of sp³-hybridized carbons (Fsp3) is 0.0588. The molecular weight excluding hydrogens is 288 g/mol. The highest BCUT2D eigenvalue weighted by molar-refractivity contribution is 6.10. The number of fused-ring (bicyclic) bond motifs is 1. The molecule has 0 aliphatic rings. The minimum Gasteiger partial charge on any atom is -0.297 e. The summed E-state index contributed by atoms with van der Waals surface area (Å²) in [6, 6.07) is 18.9. The van der Waals surface area contributed by atoms with E-state index in [2.05, 4.69) is 20.1 Å². The zero-order chi connectivity index (χ0) is 16.2. The standard InChI is InChI=1S/C17H12N6/c1-12-20-16-4-2-3-5-17(16)23(12)15-8-6-13(7-9-15)21-22-14(10-18)11-19/h2-9,21H,1H3. The maximum Gasteiger partial charge on any atom is 0.237 e. The van der Waals surface area contributed by atoms with Crippen molar-refractivity contribution in [3.8, 4) is 17.8 Å². The molecule has 0 fully saturated rings. The average Bonchev–Trinajstić information content (AvgIpc) is 2.92. The van der Waals surface area contributed by atoms with Crippen LogP contribution in [-0.4, -0.2) is 15.3 Å². The molecule has 110 valence electrons. The SMILES string of the molecule is Cc1nc2ccccc2n1-c1ccc(NN=C(C#N)C#N)cc1. The van der Waals surface area contributed by atoms with Gasteiger partial charge in [-0.05, 0) is 43.3 Å². The minimum atomic E-state index is -0.217. The Bertz CT molecular complexity index is 951. The molecule has 23 heavy (non-hydrogen) atoms. The lowest BCUT2D eigenvalue weighted by Crippen LogP contribution is -1.99. The van der Waals surface area contributed by atoms with Crippen LogP contribution in [-0.2, 0) is 0 Å². The van der Waals surface area contributed by atoms with Gasteiger partial charge in [-0.25, -0.2) is 4.98 Å². The van der Waals surface area contributed by atoms with E-state index in [0.717, 1.165) is 22.5 Å². The molecular formula is C17H12N6. The molecule has 0 bridgehead atoms. The first-order valence-corrected chi connectivity index (χ1v) is 6.91. The summed E-state index contributed by atoms with van der Waals surface area (Å²) in [5, 5.41) is 21.0. The highest BCUT2D eigenvalue weighted by atomic mass is 15.3. The fourth-order valence-corrected chi connectivity index (χ4v) is 2.35. The second-order valence-electron chi connectivity index (χ2n) is 4.83. The van der Waals surface area contributed by atoms with Gasteiger partial charge in [0.1, 0.15) is 18.0 Å². The number of nitriles is 2. The Balaban J connectivity index is 1.93. The Labute approximate surface area is 132 Å². The smallest absolute Gasteiger partial charge is 0.237 e. The van der Waals surface area contributed by atoms with Crippen LogP contribution >= 0.6 is 0 Å². The molecule has 6 nitrogen and oxygen atoms in total. The lowest BCUT2D eigenvalue weighted by atomic mass is 10.2. The Kier molecular flexibility index (Phi) is 3.73. The van der Waals surface area contributed by atoms with Crippen molar-refractivity contribution in [2.45, 2.75) is 6.92 Å². The quantitative estimate of drug-likeness (QED) is 0.594. The van der Waals surface area contributed by atoms with Gasteiger partial charge < -0.3 is 0 Å². The van der Waals surface area contributed by atoms with E-state index in [1.165, 1.54) is 0 Å². The van der Waals surface area contributed by atoms with E-state index < -0.39 is 0 Å². The number of benzene rings is 2. The molecule has 3 rings (SSSR count). The lowest BCUT2D eigenvalue weighted by Gasteiger charge is -2.08. The number of aromatic nitrogens is 2. The number of imidazole rings is 1. The first-order valence-electron chi connectivity index (χ1n) is 6.91. The molecule has 1 N–H and O–H groups in total. The van der Waals surface area contributed by atoms with E-state index in [9.17, 15) is 0 Å². The van der Waals surface area contributed by atoms with Crippen LogP contribution in [0.25, 0.3) is 16.7 Å². The molecule has 0 unspecified atom stereocenters. The second kappa shape index (κ2) is 6.00. The van der Waals surface area contributed by atoms with Gasteiger partial charge in [0, 0.05) is 5.69 Å². The van der Waals surface area contributed by atoms with Crippen LogP contribution in [0.1, 0.15) is 5.82 Å². The number of hydrazone groups is 1. The predicted octanol–water partition coefficient (Wildman–Crippen LogP) is 3.15. The van der Waals surface area contributed by atoms with E-state index in [4.69, 9.17) is 10.5 Å². The van der Waals surface area contributed by atoms with Crippen LogP contribution in [0.15, 0.2) is 53.6 Å². The van der Waals surface area contributed by atoms with Crippen molar-refractivity contribution >= 4 is 22.4 Å². The summed E-state index contributed by atoms with van der Waals surface area (Å²) in [5.74, 6) is 0.904. The Morgan fingerprint density at radius 2 is 1.78 bits per heavy atom. The number of hydrogen-bond donors (Lipinski definition) is 1. The fourth-order valence-electron chi connectivity index (χ4n) is 2.35. The molecule has 0 spiro atoms. The lowest BCUT2D eigenvalue weighted by molar-refractivity contribution is 1.00. The number of nitrogens with zero attached hydrogens (tertiary/aromatic N) is 5. The third-order valence-electron chi connectivity index (χ3n) is 3.36. The van der Waals surface area contributed by atoms with E-state index in [1.54, 1.807) is 12.1 Å². The maximum absolute atomic E-state index is 8.65. The Morgan fingerprint density at radius 3 is 2.48 bits per heavy atom. The largest absolute Gasteiger partial charge is 0.297 e. The summed E-state index contributed by atoms with van der Waals surface area (Å²) in [7, 11) is 0. The molecule has 0 amide bonds. The number of aryl methyl sites for hydroxylation is 1. The monoisotopic (exact) mass is 300 g/mol. The van der Waals surface area contributed by atoms with Crippen LogP contribution in [0.5, 0.6) is 0 Å². The summed E-state index contributed by atoms with van der Waals surface area (Å²) in [5.41, 5.74) is 6.13. The number of anilines is 1. The topological polar surface area (TPSA) is 89.8 Å². The van der Waals surface area contributed by atoms with Crippen LogP contribution in [0.2, 0.25) is 0 Å². The second-order valence-corrected chi connectivity index (χ2v) is 4.83. The molecule has 6 heteroatoms. The summed E-state index contributed by atoms with van der Waals surface area (Å²) >= 11 is 0. The Morgan fingerprint density at radius 1 is 1.09 bits per heavy atom. The molecule has 1 aromatic heterocycles. The average molecular weight is 300 g/mol. The molecule has 0 saturated heterocycles. The van der Waals surface area contributed by atoms with Gasteiger partial charge in [-0.3, -0.25) is 9.99 Å². The van der Waals surface area contributed by atoms with Gasteiger partial charge in [0.2, 0.25) is 5.71 Å². The first-order chi connectivity index (χ1) is 11.2. The van der Waals surface area contributed by atoms with E-state index in [1.807, 2.05) is 55.5 Å². The van der Waals surface area contributed by atoms with Gasteiger partial charge in [0.05, 0.1) is 16.7 Å². The highest BCUT2D eigenvalue weighted by Crippen LogP contribution is 2.22. The maximum atomic E-state index is 8.65. The van der Waals surface area contributed by atoms with Gasteiger partial charge >= 0.3 is 0 Å². The van der Waals surface area contributed by atoms with Gasteiger partial charge in [0.25, 0.3) is 0 Å². The van der Waals surface area contributed by atoms with Crippen molar-refractivity contribution in [3.63, 3.8) is 0 Å². The van der Waals surface area contributed by atoms with Gasteiger partial charge in [-0.1, -0.05) is 12.1 Å². The molecule has 1 heterocycles. The third-order valence-corrected chi connectivity index (χ3v) is 3.36. The Hall–Kier alpha value is -3.64. The van der Waals surface area contributed by atoms with Crippen LogP contribution in [0, 0.1) is 29.6 Å². The molecule has 0 saturated carbocycles. The minimum absolute atomic E-state index is 0.217. The molecule has 3 aromatic rings. The van der Waals surface area contributed by atoms with Crippen molar-refractivity contribution in [1.29, 1.82) is 10.5 Å². The van der Waals surface area contributed by atoms with Gasteiger partial charge in [-0.2, -0.15) is 15.6 Å². The zero-order valence-corrected chi connectivity index (χ0v) is 12.4. The van der Waals surface area contributed by atoms with E-state index in [0.29, 0.717) is 5.69 Å². The molecule has 2 aromatic carbocycles. The van der Waals surface area contributed by atoms with Crippen LogP contribution < -0.4 is 5.43 Å². The zero-order valence-electron chi connectivity index (χ0n) is 12.4. The van der Waals surface area contributed by atoms with Crippen LogP contribution in [0.4, 0.5) is 5.69 Å². The first kappa shape index (κ1) is 14.3. The normalized spacial score (nSPS) is 9.87. The summed E-state index contributed by atoms with van der Waals surface area (Å²) in [4.78, 5) is 4.55. The van der Waals surface area contributed by atoms with Crippen molar-refractivity contribution in [2.24, 2.45) is 5.10 Å². The number of para-hydroxylation sites is 2.